The first kappa shape index (κ1) is 14.4. The van der Waals surface area contributed by atoms with Gasteiger partial charge < -0.3 is 10.8 Å². The molecular weight excluding hydrogens is 220 g/mol. The minimum absolute atomic E-state index is 0.462. The number of hydrogen-bond acceptors (Lipinski definition) is 2. The van der Waals surface area contributed by atoms with Gasteiger partial charge in [-0.2, -0.15) is 0 Å². The van der Waals surface area contributed by atoms with E-state index in [4.69, 9.17) is 10.8 Å². The first-order valence-electron chi connectivity index (χ1n) is 6.40. The number of hydrogen-bond donors (Lipinski definition) is 2. The topological polar surface area (TPSA) is 47.7 Å². The van der Waals surface area contributed by atoms with E-state index < -0.39 is 0 Å². The van der Waals surface area contributed by atoms with Crippen molar-refractivity contribution in [2.75, 3.05) is 0 Å². The highest BCUT2D eigenvalue weighted by Crippen LogP contribution is 2.19. The Kier molecular flexibility index (Phi) is 6.06. The first-order valence-corrected chi connectivity index (χ1v) is 6.40. The maximum absolute atomic E-state index is 7.63. The van der Waals surface area contributed by atoms with Crippen LogP contribution in [0.1, 0.15) is 37.3 Å². The van der Waals surface area contributed by atoms with E-state index in [1.54, 1.807) is 0 Å². The Bertz CT molecular complexity index is 421. The van der Waals surface area contributed by atoms with Gasteiger partial charge in [-0.15, -0.1) is 0 Å². The third-order valence-corrected chi connectivity index (χ3v) is 3.03. The summed E-state index contributed by atoms with van der Waals surface area (Å²) in [6, 6.07) is 8.38. The van der Waals surface area contributed by atoms with Gasteiger partial charge in [0.05, 0.1) is 0 Å². The molecule has 0 amide bonds. The highest BCUT2D eigenvalue weighted by atomic mass is 14.4. The number of nitrogens with one attached hydrogen (secondary N) is 2. The molecule has 1 aromatic rings. The zero-order valence-corrected chi connectivity index (χ0v) is 11.1. The molecule has 0 aromatic heterocycles. The molecular formula is C16H22N2. The van der Waals surface area contributed by atoms with Gasteiger partial charge in [0.1, 0.15) is 0 Å². The summed E-state index contributed by atoms with van der Waals surface area (Å²) in [6.07, 6.45) is 6.92. The Morgan fingerprint density at radius 3 is 2.83 bits per heavy atom. The fourth-order valence-electron chi connectivity index (χ4n) is 2.21. The minimum Gasteiger partial charge on any atom is -0.313 e. The Morgan fingerprint density at radius 2 is 2.22 bits per heavy atom. The van der Waals surface area contributed by atoms with E-state index in [0.29, 0.717) is 5.92 Å². The van der Waals surface area contributed by atoms with Crippen LogP contribution in [0.5, 0.6) is 0 Å². The highest BCUT2D eigenvalue weighted by Gasteiger charge is 2.10. The molecule has 0 aliphatic carbocycles. The van der Waals surface area contributed by atoms with Crippen LogP contribution in [-0.4, -0.2) is 11.9 Å². The van der Waals surface area contributed by atoms with Crippen molar-refractivity contribution >= 4 is 18.0 Å². The third-order valence-electron chi connectivity index (χ3n) is 3.03. The van der Waals surface area contributed by atoms with Gasteiger partial charge in [-0.3, -0.25) is 0 Å². The molecule has 1 unspecified atom stereocenters. The molecule has 2 heteroatoms. The van der Waals surface area contributed by atoms with Crippen LogP contribution in [0.3, 0.4) is 0 Å². The molecule has 0 saturated carbocycles. The zero-order valence-electron chi connectivity index (χ0n) is 11.1. The van der Waals surface area contributed by atoms with Crippen molar-refractivity contribution in [2.45, 2.75) is 32.6 Å². The van der Waals surface area contributed by atoms with Gasteiger partial charge >= 0.3 is 0 Å². The zero-order chi connectivity index (χ0) is 13.4. The van der Waals surface area contributed by atoms with Gasteiger partial charge in [-0.1, -0.05) is 36.9 Å². The maximum atomic E-state index is 7.63. The Hall–Kier alpha value is -1.70. The number of rotatable bonds is 8. The lowest BCUT2D eigenvalue weighted by atomic mass is 9.90. The molecule has 0 saturated heterocycles. The third kappa shape index (κ3) is 5.09. The van der Waals surface area contributed by atoms with Crippen molar-refractivity contribution in [1.29, 1.82) is 10.8 Å². The highest BCUT2D eigenvalue weighted by molar-refractivity contribution is 5.78. The van der Waals surface area contributed by atoms with Gasteiger partial charge in [0, 0.05) is 5.71 Å². The summed E-state index contributed by atoms with van der Waals surface area (Å²) in [5, 5.41) is 14.8. The molecule has 18 heavy (non-hydrogen) atoms. The average Bonchev–Trinajstić information content (AvgIpc) is 2.35. The lowest BCUT2D eigenvalue weighted by Crippen LogP contribution is -2.09. The Labute approximate surface area is 110 Å². The van der Waals surface area contributed by atoms with Crippen LogP contribution in [0.15, 0.2) is 30.8 Å². The van der Waals surface area contributed by atoms with Crippen LogP contribution < -0.4 is 0 Å². The van der Waals surface area contributed by atoms with Gasteiger partial charge in [0.25, 0.3) is 0 Å². The van der Waals surface area contributed by atoms with Gasteiger partial charge in [0.15, 0.2) is 0 Å². The summed E-state index contributed by atoms with van der Waals surface area (Å²) in [7, 11) is 0. The standard InChI is InChI=1S/C16H22N2/c1-3-14-6-4-7-16(11-14)12-15(8-5-9-17)10-13(2)18/h3-4,6-7,9,11,15,17-18H,1,5,8,10,12H2,2H3. The van der Waals surface area contributed by atoms with Gasteiger partial charge in [0.2, 0.25) is 0 Å². The molecule has 2 nitrogen and oxygen atoms in total. The summed E-state index contributed by atoms with van der Waals surface area (Å²) in [4.78, 5) is 0. The molecule has 1 aromatic carbocycles. The van der Waals surface area contributed by atoms with E-state index in [1.165, 1.54) is 11.8 Å². The summed E-state index contributed by atoms with van der Waals surface area (Å²) in [6.45, 7) is 5.64. The summed E-state index contributed by atoms with van der Waals surface area (Å²) in [5.74, 6) is 0.462. The van der Waals surface area contributed by atoms with E-state index >= 15 is 0 Å². The second-order valence-electron chi connectivity index (χ2n) is 4.79. The van der Waals surface area contributed by atoms with Gasteiger partial charge in [-0.25, -0.2) is 0 Å². The largest absolute Gasteiger partial charge is 0.313 e. The van der Waals surface area contributed by atoms with Crippen LogP contribution in [0.2, 0.25) is 0 Å². The van der Waals surface area contributed by atoms with E-state index in [9.17, 15) is 0 Å². The molecule has 1 atom stereocenters. The molecule has 0 heterocycles. The molecule has 0 aliphatic rings. The molecule has 0 aliphatic heterocycles. The van der Waals surface area contributed by atoms with E-state index in [2.05, 4.69) is 24.8 Å². The Morgan fingerprint density at radius 1 is 1.44 bits per heavy atom. The fourth-order valence-corrected chi connectivity index (χ4v) is 2.21. The van der Waals surface area contributed by atoms with Crippen molar-refractivity contribution in [2.24, 2.45) is 5.92 Å². The van der Waals surface area contributed by atoms with Crippen LogP contribution >= 0.6 is 0 Å². The molecule has 0 fully saturated rings. The lowest BCUT2D eigenvalue weighted by Gasteiger charge is -2.15. The summed E-state index contributed by atoms with van der Waals surface area (Å²) >= 11 is 0. The monoisotopic (exact) mass is 242 g/mol. The smallest absolute Gasteiger partial charge is 0.00611 e. The van der Waals surface area contributed by atoms with Crippen LogP contribution in [0.25, 0.3) is 6.08 Å². The fraction of sp³-hybridized carbons (Fsp3) is 0.375. The molecule has 2 N–H and O–H groups in total. The van der Waals surface area contributed by atoms with Crippen molar-refractivity contribution < 1.29 is 0 Å². The molecule has 0 bridgehead atoms. The maximum Gasteiger partial charge on any atom is 0.00611 e. The predicted octanol–water partition coefficient (Wildman–Crippen LogP) is 4.35. The molecule has 0 radical (unpaired) electrons. The summed E-state index contributed by atoms with van der Waals surface area (Å²) in [5.41, 5.74) is 3.17. The first-order chi connectivity index (χ1) is 8.65. The van der Waals surface area contributed by atoms with E-state index in [-0.39, 0.29) is 0 Å². The SMILES string of the molecule is C=Cc1cccc(CC(CCC=N)CC(C)=N)c1. The van der Waals surface area contributed by atoms with Crippen molar-refractivity contribution in [3.05, 3.63) is 42.0 Å². The minimum atomic E-state index is 0.462. The summed E-state index contributed by atoms with van der Waals surface area (Å²) < 4.78 is 0. The van der Waals surface area contributed by atoms with Crippen LogP contribution in [0.4, 0.5) is 0 Å². The molecule has 96 valence electrons. The van der Waals surface area contributed by atoms with E-state index in [0.717, 1.165) is 37.0 Å². The van der Waals surface area contributed by atoms with E-state index in [1.807, 2.05) is 19.1 Å². The normalized spacial score (nSPS) is 11.8. The second kappa shape index (κ2) is 7.59. The van der Waals surface area contributed by atoms with Crippen molar-refractivity contribution in [1.82, 2.24) is 0 Å². The molecule has 0 spiro atoms. The van der Waals surface area contributed by atoms with Crippen LogP contribution in [-0.2, 0) is 6.42 Å². The lowest BCUT2D eigenvalue weighted by molar-refractivity contribution is 0.511. The number of benzene rings is 1. The quantitative estimate of drug-likeness (QED) is 0.637. The van der Waals surface area contributed by atoms with Crippen molar-refractivity contribution in [3.63, 3.8) is 0 Å². The average molecular weight is 242 g/mol. The van der Waals surface area contributed by atoms with Gasteiger partial charge in [-0.05, 0) is 55.9 Å². The molecule has 1 rings (SSSR count). The Balaban J connectivity index is 2.70. The van der Waals surface area contributed by atoms with Crippen molar-refractivity contribution in [3.8, 4) is 0 Å². The predicted molar refractivity (Wildman–Crippen MR) is 79.8 cm³/mol. The van der Waals surface area contributed by atoms with Crippen LogP contribution in [0, 0.1) is 16.7 Å². The second-order valence-corrected chi connectivity index (χ2v) is 4.79.